The second-order valence-corrected chi connectivity index (χ2v) is 4.97. The molecule has 0 radical (unpaired) electrons. The molecule has 3 nitrogen and oxygen atoms in total. The normalized spacial score (nSPS) is 10.8. The average Bonchev–Trinajstić information content (AvgIpc) is 2.92. The third kappa shape index (κ3) is 2.28. The molecule has 0 atom stereocenters. The summed E-state index contributed by atoms with van der Waals surface area (Å²) in [5.41, 5.74) is 1.12. The van der Waals surface area contributed by atoms with Crippen LogP contribution < -0.4 is 4.74 Å². The molecule has 0 amide bonds. The molecule has 0 aliphatic rings. The molecular formula is C16H11ClFNO2. The van der Waals surface area contributed by atoms with Gasteiger partial charge in [0.1, 0.15) is 11.6 Å². The van der Waals surface area contributed by atoms with Gasteiger partial charge in [0.05, 0.1) is 18.2 Å². The van der Waals surface area contributed by atoms with Crippen molar-refractivity contribution in [1.29, 1.82) is 0 Å². The number of carbonyl (C=O) groups excluding carboxylic acids is 1. The molecule has 1 aromatic heterocycles. The molecule has 3 aromatic rings. The zero-order chi connectivity index (χ0) is 15.0. The van der Waals surface area contributed by atoms with Gasteiger partial charge in [-0.25, -0.2) is 4.39 Å². The van der Waals surface area contributed by atoms with Crippen molar-refractivity contribution < 1.29 is 13.9 Å². The Kier molecular flexibility index (Phi) is 3.39. The summed E-state index contributed by atoms with van der Waals surface area (Å²) in [5, 5.41) is 0.684. The summed E-state index contributed by atoms with van der Waals surface area (Å²) in [6.07, 6.45) is 1.50. The molecule has 0 saturated heterocycles. The summed E-state index contributed by atoms with van der Waals surface area (Å²) in [7, 11) is 1.47. The van der Waals surface area contributed by atoms with Crippen molar-refractivity contribution >= 4 is 28.3 Å². The molecule has 0 spiro atoms. The number of H-pyrrole nitrogens is 1. The molecule has 0 bridgehead atoms. The fourth-order valence-corrected chi connectivity index (χ4v) is 2.49. The summed E-state index contributed by atoms with van der Waals surface area (Å²) < 4.78 is 19.2. The van der Waals surface area contributed by atoms with E-state index in [1.807, 2.05) is 0 Å². The minimum atomic E-state index is -0.446. The van der Waals surface area contributed by atoms with Crippen LogP contribution in [0.4, 0.5) is 4.39 Å². The van der Waals surface area contributed by atoms with Crippen LogP contribution in [0.3, 0.4) is 0 Å². The number of aromatic amines is 1. The third-order valence-electron chi connectivity index (χ3n) is 3.31. The van der Waals surface area contributed by atoms with Crippen molar-refractivity contribution in [1.82, 2.24) is 4.98 Å². The number of benzene rings is 2. The standard InChI is InChI=1S/C16H11ClFNO2/c1-21-14-6-5-9(17)7-10(14)16(20)11-8-19-13-4-2-3-12(18)15(11)13/h2-8,19H,1H3. The zero-order valence-corrected chi connectivity index (χ0v) is 11.9. The number of aromatic nitrogens is 1. The van der Waals surface area contributed by atoms with Gasteiger partial charge in [-0.1, -0.05) is 17.7 Å². The van der Waals surface area contributed by atoms with Crippen molar-refractivity contribution in [2.45, 2.75) is 0 Å². The first-order valence-electron chi connectivity index (χ1n) is 6.25. The van der Waals surface area contributed by atoms with E-state index in [4.69, 9.17) is 16.3 Å². The van der Waals surface area contributed by atoms with Crippen molar-refractivity contribution in [3.63, 3.8) is 0 Å². The van der Waals surface area contributed by atoms with Gasteiger partial charge in [0.15, 0.2) is 5.78 Å². The minimum absolute atomic E-state index is 0.253. The molecule has 3 rings (SSSR count). The van der Waals surface area contributed by atoms with Crippen LogP contribution in [0.2, 0.25) is 5.02 Å². The molecule has 0 unspecified atom stereocenters. The van der Waals surface area contributed by atoms with Crippen LogP contribution in [0.5, 0.6) is 5.75 Å². The van der Waals surface area contributed by atoms with Crippen LogP contribution >= 0.6 is 11.6 Å². The lowest BCUT2D eigenvalue weighted by Crippen LogP contribution is -2.04. The maximum absolute atomic E-state index is 14.0. The maximum atomic E-state index is 14.0. The van der Waals surface area contributed by atoms with Gasteiger partial charge in [0.2, 0.25) is 0 Å². The molecule has 106 valence electrons. The lowest BCUT2D eigenvalue weighted by atomic mass is 10.0. The topological polar surface area (TPSA) is 42.1 Å². The molecule has 1 heterocycles. The van der Waals surface area contributed by atoms with Crippen LogP contribution in [0.15, 0.2) is 42.6 Å². The quantitative estimate of drug-likeness (QED) is 0.737. The molecule has 0 saturated carbocycles. The van der Waals surface area contributed by atoms with Crippen molar-refractivity contribution in [3.05, 3.63) is 64.6 Å². The number of ether oxygens (including phenoxy) is 1. The Bertz CT molecular complexity index is 841. The molecular weight excluding hydrogens is 293 g/mol. The minimum Gasteiger partial charge on any atom is -0.496 e. The molecule has 0 aliphatic heterocycles. The van der Waals surface area contributed by atoms with E-state index in [1.165, 1.54) is 25.4 Å². The van der Waals surface area contributed by atoms with Gasteiger partial charge in [0.25, 0.3) is 0 Å². The summed E-state index contributed by atoms with van der Waals surface area (Å²) in [6.45, 7) is 0. The molecule has 0 aliphatic carbocycles. The van der Waals surface area contributed by atoms with Crippen molar-refractivity contribution in [2.24, 2.45) is 0 Å². The number of hydrogen-bond acceptors (Lipinski definition) is 2. The van der Waals surface area contributed by atoms with Gasteiger partial charge in [-0.15, -0.1) is 0 Å². The van der Waals surface area contributed by atoms with Gasteiger partial charge in [0, 0.05) is 22.1 Å². The van der Waals surface area contributed by atoms with Gasteiger partial charge in [-0.3, -0.25) is 4.79 Å². The van der Waals surface area contributed by atoms with Crippen molar-refractivity contribution in [2.75, 3.05) is 7.11 Å². The highest BCUT2D eigenvalue weighted by Gasteiger charge is 2.20. The second kappa shape index (κ2) is 5.22. The molecule has 21 heavy (non-hydrogen) atoms. The van der Waals surface area contributed by atoms with E-state index in [9.17, 15) is 9.18 Å². The predicted molar refractivity (Wildman–Crippen MR) is 79.7 cm³/mol. The number of fused-ring (bicyclic) bond motifs is 1. The first-order chi connectivity index (χ1) is 10.1. The smallest absolute Gasteiger partial charge is 0.199 e. The van der Waals surface area contributed by atoms with E-state index >= 15 is 0 Å². The van der Waals surface area contributed by atoms with Crippen LogP contribution in [0.1, 0.15) is 15.9 Å². The monoisotopic (exact) mass is 303 g/mol. The van der Waals surface area contributed by atoms with Crippen LogP contribution in [0.25, 0.3) is 10.9 Å². The van der Waals surface area contributed by atoms with Gasteiger partial charge in [-0.2, -0.15) is 0 Å². The predicted octanol–water partition coefficient (Wildman–Crippen LogP) is 4.20. The largest absolute Gasteiger partial charge is 0.496 e. The maximum Gasteiger partial charge on any atom is 0.199 e. The first-order valence-corrected chi connectivity index (χ1v) is 6.63. The number of ketones is 1. The van der Waals surface area contributed by atoms with Gasteiger partial charge >= 0.3 is 0 Å². The Labute approximate surface area is 125 Å². The Morgan fingerprint density at radius 1 is 1.24 bits per heavy atom. The lowest BCUT2D eigenvalue weighted by Gasteiger charge is -2.07. The number of carbonyl (C=O) groups is 1. The highest BCUT2D eigenvalue weighted by atomic mass is 35.5. The SMILES string of the molecule is COc1ccc(Cl)cc1C(=O)c1c[nH]c2cccc(F)c12. The number of halogens is 2. The molecule has 1 N–H and O–H groups in total. The lowest BCUT2D eigenvalue weighted by molar-refractivity contribution is 0.103. The second-order valence-electron chi connectivity index (χ2n) is 4.54. The third-order valence-corrected chi connectivity index (χ3v) is 3.54. The van der Waals surface area contributed by atoms with E-state index in [0.29, 0.717) is 21.9 Å². The van der Waals surface area contributed by atoms with Gasteiger partial charge < -0.3 is 9.72 Å². The fraction of sp³-hybridized carbons (Fsp3) is 0.0625. The van der Waals surface area contributed by atoms with E-state index < -0.39 is 5.82 Å². The molecule has 0 fully saturated rings. The Hall–Kier alpha value is -2.33. The highest BCUT2D eigenvalue weighted by molar-refractivity contribution is 6.31. The fourth-order valence-electron chi connectivity index (χ4n) is 2.32. The Morgan fingerprint density at radius 2 is 2.05 bits per heavy atom. The molecule has 2 aromatic carbocycles. The number of hydrogen-bond donors (Lipinski definition) is 1. The van der Waals surface area contributed by atoms with E-state index in [2.05, 4.69) is 4.98 Å². The van der Waals surface area contributed by atoms with Crippen LogP contribution in [-0.2, 0) is 0 Å². The number of nitrogens with one attached hydrogen (secondary N) is 1. The summed E-state index contributed by atoms with van der Waals surface area (Å²) >= 11 is 5.94. The summed E-state index contributed by atoms with van der Waals surface area (Å²) in [6, 6.07) is 9.38. The van der Waals surface area contributed by atoms with E-state index in [0.717, 1.165) is 0 Å². The van der Waals surface area contributed by atoms with Crippen LogP contribution in [0, 0.1) is 5.82 Å². The van der Waals surface area contributed by atoms with E-state index in [1.54, 1.807) is 24.3 Å². The highest BCUT2D eigenvalue weighted by Crippen LogP contribution is 2.29. The van der Waals surface area contributed by atoms with E-state index in [-0.39, 0.29) is 16.7 Å². The average molecular weight is 304 g/mol. The van der Waals surface area contributed by atoms with Gasteiger partial charge in [-0.05, 0) is 30.3 Å². The Balaban J connectivity index is 2.20. The van der Waals surface area contributed by atoms with Crippen LogP contribution in [-0.4, -0.2) is 17.9 Å². The summed E-state index contributed by atoms with van der Waals surface area (Å²) in [4.78, 5) is 15.6. The molecule has 5 heteroatoms. The first kappa shape index (κ1) is 13.6. The van der Waals surface area contributed by atoms with Crippen molar-refractivity contribution in [3.8, 4) is 5.75 Å². The Morgan fingerprint density at radius 3 is 2.81 bits per heavy atom. The number of rotatable bonds is 3. The summed E-state index contributed by atoms with van der Waals surface area (Å²) in [5.74, 6) is -0.390. The number of methoxy groups -OCH3 is 1. The zero-order valence-electron chi connectivity index (χ0n) is 11.1.